The number of hydrogen-bond acceptors (Lipinski definition) is 6. The molecule has 1 saturated heterocycles. The van der Waals surface area contributed by atoms with Crippen LogP contribution in [-0.2, 0) is 9.59 Å². The van der Waals surface area contributed by atoms with Crippen molar-refractivity contribution in [1.29, 1.82) is 0 Å². The van der Waals surface area contributed by atoms with Gasteiger partial charge < -0.3 is 16.0 Å². The third-order valence-electron chi connectivity index (χ3n) is 9.46. The zero-order valence-electron chi connectivity index (χ0n) is 24.1. The number of pyridine rings is 1. The molecule has 2 aromatic rings. The number of nitrogens with two attached hydrogens (primary N) is 1. The topological polar surface area (TPSA) is 117 Å². The zero-order chi connectivity index (χ0) is 29.5. The van der Waals surface area contributed by atoms with Crippen LogP contribution in [-0.4, -0.2) is 52.9 Å². The Balaban J connectivity index is 1.24. The molecule has 8 nitrogen and oxygen atoms in total. The Labute approximate surface area is 251 Å². The predicted octanol–water partition coefficient (Wildman–Crippen LogP) is 5.36. The Hall–Kier alpha value is -2.98. The van der Waals surface area contributed by atoms with Gasteiger partial charge in [0, 0.05) is 47.9 Å². The molecule has 3 amide bonds. The van der Waals surface area contributed by atoms with Crippen LogP contribution in [0.5, 0.6) is 0 Å². The number of amides is 3. The van der Waals surface area contributed by atoms with Crippen molar-refractivity contribution in [3.8, 4) is 0 Å². The van der Waals surface area contributed by atoms with Gasteiger partial charge in [0.1, 0.15) is 17.7 Å². The number of likely N-dealkylation sites (tertiary alicyclic amines) is 1. The van der Waals surface area contributed by atoms with Gasteiger partial charge >= 0.3 is 0 Å². The van der Waals surface area contributed by atoms with Crippen LogP contribution in [0.4, 0.5) is 10.1 Å². The van der Waals surface area contributed by atoms with E-state index >= 15 is 0 Å². The number of carbonyl (C=O) groups is 3. The minimum atomic E-state index is -0.531. The van der Waals surface area contributed by atoms with Crippen LogP contribution >= 0.6 is 11.9 Å². The highest BCUT2D eigenvalue weighted by molar-refractivity contribution is 7.97. The minimum absolute atomic E-state index is 0.0538. The number of hydrogen-bond donors (Lipinski definition) is 3. The number of rotatable bonds is 9. The Morgan fingerprint density at radius 2 is 1.71 bits per heavy atom. The van der Waals surface area contributed by atoms with Gasteiger partial charge in [0.25, 0.3) is 5.91 Å². The van der Waals surface area contributed by atoms with E-state index in [4.69, 9.17) is 5.73 Å². The summed E-state index contributed by atoms with van der Waals surface area (Å²) in [7, 11) is 0. The molecule has 226 valence electrons. The first-order chi connectivity index (χ1) is 20.4. The number of anilines is 1. The summed E-state index contributed by atoms with van der Waals surface area (Å²) < 4.78 is 15.9. The molecule has 42 heavy (non-hydrogen) atoms. The van der Waals surface area contributed by atoms with E-state index in [1.807, 2.05) is 23.1 Å². The summed E-state index contributed by atoms with van der Waals surface area (Å²) in [5.41, 5.74) is 7.01. The third kappa shape index (κ3) is 7.32. The van der Waals surface area contributed by atoms with Gasteiger partial charge in [-0.25, -0.2) is 9.37 Å². The molecule has 1 aromatic carbocycles. The fourth-order valence-electron chi connectivity index (χ4n) is 7.10. The van der Waals surface area contributed by atoms with Gasteiger partial charge in [-0.15, -0.1) is 0 Å². The Bertz CT molecular complexity index is 1200. The SMILES string of the molecule is N[C@H](CF)C1CCC(C(=O)N2CC[C@@H](C3CCCCC3)[C@H]2C(=O)Nc2ccc(C(=O)NSc3ccccn3)cc2)CC1. The molecule has 0 radical (unpaired) electrons. The number of halogens is 1. The molecule has 2 aliphatic carbocycles. The highest BCUT2D eigenvalue weighted by Gasteiger charge is 2.47. The maximum atomic E-state index is 13.9. The van der Waals surface area contributed by atoms with E-state index in [0.29, 0.717) is 41.6 Å². The highest BCUT2D eigenvalue weighted by Crippen LogP contribution is 2.41. The lowest BCUT2D eigenvalue weighted by Crippen LogP contribution is -2.50. The van der Waals surface area contributed by atoms with Crippen LogP contribution in [0.2, 0.25) is 0 Å². The van der Waals surface area contributed by atoms with Crippen molar-refractivity contribution in [3.05, 3.63) is 54.2 Å². The summed E-state index contributed by atoms with van der Waals surface area (Å²) in [6.45, 7) is 0.0611. The van der Waals surface area contributed by atoms with E-state index in [2.05, 4.69) is 15.0 Å². The van der Waals surface area contributed by atoms with Crippen molar-refractivity contribution in [2.75, 3.05) is 18.5 Å². The number of nitrogens with one attached hydrogen (secondary N) is 2. The average molecular weight is 596 g/mol. The van der Waals surface area contributed by atoms with E-state index in [0.717, 1.165) is 44.1 Å². The highest BCUT2D eigenvalue weighted by atomic mass is 32.2. The van der Waals surface area contributed by atoms with Crippen LogP contribution in [0.3, 0.4) is 0 Å². The zero-order valence-corrected chi connectivity index (χ0v) is 24.9. The minimum Gasteiger partial charge on any atom is -0.330 e. The maximum absolute atomic E-state index is 13.9. The molecule has 4 N–H and O–H groups in total. The molecule has 10 heteroatoms. The van der Waals surface area contributed by atoms with Gasteiger partial charge in [0.05, 0.1) is 0 Å². The van der Waals surface area contributed by atoms with Crippen LogP contribution in [0.1, 0.15) is 74.6 Å². The fraction of sp³-hybridized carbons (Fsp3) is 0.562. The summed E-state index contributed by atoms with van der Waals surface area (Å²) >= 11 is 1.15. The number of aromatic nitrogens is 1. The molecule has 3 fully saturated rings. The number of nitrogens with zero attached hydrogens (tertiary/aromatic N) is 2. The van der Waals surface area contributed by atoms with Crippen molar-refractivity contribution in [3.63, 3.8) is 0 Å². The monoisotopic (exact) mass is 595 g/mol. The lowest BCUT2D eigenvalue weighted by molar-refractivity contribution is -0.142. The molecule has 5 rings (SSSR count). The Kier molecular flexibility index (Phi) is 10.5. The van der Waals surface area contributed by atoms with E-state index in [9.17, 15) is 18.8 Å². The second-order valence-electron chi connectivity index (χ2n) is 12.0. The molecule has 1 aliphatic heterocycles. The quantitative estimate of drug-likeness (QED) is 0.336. The lowest BCUT2D eigenvalue weighted by Gasteiger charge is -2.36. The standard InChI is InChI=1S/C32H42FN5O3S/c33-20-27(34)22-9-11-24(12-10-22)32(41)38-19-17-26(21-6-2-1-3-7-21)29(38)31(40)36-25-15-13-23(14-16-25)30(39)37-42-28-8-4-5-18-35-28/h4-5,8,13-16,18,21-22,24,26-27,29H,1-3,6-7,9-12,17,19-20,34H2,(H,36,40)(H,37,39)/t22?,24?,26-,27+,29-/m0/s1. The van der Waals surface area contributed by atoms with E-state index < -0.39 is 18.8 Å². The van der Waals surface area contributed by atoms with Crippen LogP contribution < -0.4 is 15.8 Å². The van der Waals surface area contributed by atoms with Gasteiger partial charge in [0.2, 0.25) is 11.8 Å². The van der Waals surface area contributed by atoms with Crippen molar-refractivity contribution < 1.29 is 18.8 Å². The molecule has 0 bridgehead atoms. The molecule has 1 aromatic heterocycles. The molecule has 2 saturated carbocycles. The summed E-state index contributed by atoms with van der Waals surface area (Å²) in [6, 6.07) is 11.3. The van der Waals surface area contributed by atoms with Crippen LogP contribution in [0.15, 0.2) is 53.7 Å². The number of carbonyl (C=O) groups excluding carboxylic acids is 3. The predicted molar refractivity (Wildman–Crippen MR) is 162 cm³/mol. The lowest BCUT2D eigenvalue weighted by atomic mass is 9.76. The van der Waals surface area contributed by atoms with Crippen molar-refractivity contribution in [2.24, 2.45) is 29.4 Å². The van der Waals surface area contributed by atoms with Gasteiger partial charge in [-0.05, 0) is 86.3 Å². The largest absolute Gasteiger partial charge is 0.330 e. The average Bonchev–Trinajstić information content (AvgIpc) is 3.50. The first-order valence-corrected chi connectivity index (χ1v) is 16.2. The summed E-state index contributed by atoms with van der Waals surface area (Å²) in [6.07, 6.45) is 11.2. The van der Waals surface area contributed by atoms with Crippen molar-refractivity contribution in [1.82, 2.24) is 14.6 Å². The summed E-state index contributed by atoms with van der Waals surface area (Å²) in [4.78, 5) is 46.3. The van der Waals surface area contributed by atoms with E-state index in [1.165, 1.54) is 19.3 Å². The van der Waals surface area contributed by atoms with Gasteiger partial charge in [-0.3, -0.25) is 19.1 Å². The second-order valence-corrected chi connectivity index (χ2v) is 12.9. The first kappa shape index (κ1) is 30.5. The maximum Gasteiger partial charge on any atom is 0.261 e. The number of alkyl halides is 1. The summed E-state index contributed by atoms with van der Waals surface area (Å²) in [5.74, 6) is 0.189. The van der Waals surface area contributed by atoms with Crippen molar-refractivity contribution >= 4 is 35.4 Å². The molecule has 3 atom stereocenters. The molecular formula is C32H42FN5O3S. The first-order valence-electron chi connectivity index (χ1n) is 15.4. The Morgan fingerprint density at radius 3 is 2.38 bits per heavy atom. The van der Waals surface area contributed by atoms with Crippen LogP contribution in [0, 0.1) is 23.7 Å². The van der Waals surface area contributed by atoms with Gasteiger partial charge in [-0.2, -0.15) is 0 Å². The van der Waals surface area contributed by atoms with Gasteiger partial charge in [-0.1, -0.05) is 38.2 Å². The molecule has 2 heterocycles. The molecule has 3 aliphatic rings. The smallest absolute Gasteiger partial charge is 0.261 e. The third-order valence-corrected chi connectivity index (χ3v) is 10.2. The normalized spacial score (nSPS) is 25.5. The van der Waals surface area contributed by atoms with E-state index in [1.54, 1.807) is 30.5 Å². The van der Waals surface area contributed by atoms with Crippen molar-refractivity contribution in [2.45, 2.75) is 81.3 Å². The van der Waals surface area contributed by atoms with E-state index in [-0.39, 0.29) is 35.5 Å². The van der Waals surface area contributed by atoms with Gasteiger partial charge in [0.15, 0.2) is 0 Å². The molecular weight excluding hydrogens is 553 g/mol. The molecule has 0 spiro atoms. The molecule has 0 unspecified atom stereocenters. The number of benzene rings is 1. The second kappa shape index (κ2) is 14.5. The summed E-state index contributed by atoms with van der Waals surface area (Å²) in [5, 5.41) is 3.75. The fourth-order valence-corrected chi connectivity index (χ4v) is 7.67. The Morgan fingerprint density at radius 1 is 0.976 bits per heavy atom. The van der Waals surface area contributed by atoms with Crippen LogP contribution in [0.25, 0.3) is 0 Å².